The molecule has 3 saturated carbocycles. The number of aromatic hydroxyl groups is 2. The first-order valence-electron chi connectivity index (χ1n) is 18.4. The summed E-state index contributed by atoms with van der Waals surface area (Å²) in [6.07, 6.45) is 19.0. The standard InChI is InChI=1S/C41H62O2S2/c1-40(2,3)32-22-30(38(42)34(24-32)28-16-10-7-11-17-28)26-44-36-20-14-9-15-21-37(36)45-27-31-23-33(41(4,5)6)25-35(39(31)43)29-18-12-8-13-19-29/h22-25,28-29,36-37,42-43H,7-21,26-27H2,1-6H3/t36-,37?/m1/s1. The lowest BCUT2D eigenvalue weighted by Crippen LogP contribution is -2.20. The van der Waals surface area contributed by atoms with Crippen LogP contribution in [0.25, 0.3) is 0 Å². The molecule has 250 valence electrons. The summed E-state index contributed by atoms with van der Waals surface area (Å²) in [5, 5.41) is 24.4. The van der Waals surface area contributed by atoms with Crippen molar-refractivity contribution >= 4 is 23.5 Å². The summed E-state index contributed by atoms with van der Waals surface area (Å²) in [5.74, 6) is 3.93. The van der Waals surface area contributed by atoms with Gasteiger partial charge in [0.2, 0.25) is 0 Å². The van der Waals surface area contributed by atoms with E-state index in [0.717, 1.165) is 22.6 Å². The second kappa shape index (κ2) is 15.3. The summed E-state index contributed by atoms with van der Waals surface area (Å²) >= 11 is 4.18. The molecule has 1 unspecified atom stereocenters. The molecule has 2 aromatic rings. The van der Waals surface area contributed by atoms with Crippen molar-refractivity contribution in [1.82, 2.24) is 0 Å². The molecule has 5 rings (SSSR count). The Morgan fingerprint density at radius 1 is 0.511 bits per heavy atom. The third-order valence-electron chi connectivity index (χ3n) is 11.1. The quantitative estimate of drug-likeness (QED) is 0.279. The fourth-order valence-corrected chi connectivity index (χ4v) is 11.1. The molecule has 3 fully saturated rings. The van der Waals surface area contributed by atoms with E-state index < -0.39 is 0 Å². The molecular weight excluding hydrogens is 589 g/mol. The van der Waals surface area contributed by atoms with Crippen LogP contribution in [0, 0.1) is 0 Å². The molecule has 3 aliphatic carbocycles. The zero-order valence-electron chi connectivity index (χ0n) is 29.4. The second-order valence-corrected chi connectivity index (χ2v) is 19.1. The number of rotatable bonds is 8. The second-order valence-electron chi connectivity index (χ2n) is 16.7. The molecule has 0 bridgehead atoms. The van der Waals surface area contributed by atoms with E-state index in [4.69, 9.17) is 0 Å². The van der Waals surface area contributed by atoms with Crippen molar-refractivity contribution in [2.24, 2.45) is 0 Å². The van der Waals surface area contributed by atoms with Crippen molar-refractivity contribution in [3.63, 3.8) is 0 Å². The number of phenols is 2. The van der Waals surface area contributed by atoms with E-state index in [0.29, 0.717) is 33.8 Å². The summed E-state index contributed by atoms with van der Waals surface area (Å²) in [5.41, 5.74) is 7.59. The highest BCUT2D eigenvalue weighted by Gasteiger charge is 2.29. The third kappa shape index (κ3) is 9.01. The van der Waals surface area contributed by atoms with Gasteiger partial charge in [-0.2, -0.15) is 23.5 Å². The molecule has 2 nitrogen and oxygen atoms in total. The average Bonchev–Trinajstić information content (AvgIpc) is 3.24. The highest BCUT2D eigenvalue weighted by Crippen LogP contribution is 2.46. The average molecular weight is 651 g/mol. The van der Waals surface area contributed by atoms with Gasteiger partial charge < -0.3 is 10.2 Å². The van der Waals surface area contributed by atoms with Gasteiger partial charge in [-0.25, -0.2) is 0 Å². The van der Waals surface area contributed by atoms with Gasteiger partial charge in [-0.1, -0.05) is 124 Å². The van der Waals surface area contributed by atoms with Gasteiger partial charge >= 0.3 is 0 Å². The van der Waals surface area contributed by atoms with Crippen molar-refractivity contribution in [3.8, 4) is 11.5 Å². The van der Waals surface area contributed by atoms with Crippen LogP contribution >= 0.6 is 23.5 Å². The molecule has 0 aliphatic heterocycles. The molecule has 0 saturated heterocycles. The van der Waals surface area contributed by atoms with E-state index in [1.165, 1.54) is 119 Å². The Bertz CT molecular complexity index is 1160. The Kier molecular flexibility index (Phi) is 11.9. The Morgan fingerprint density at radius 3 is 1.18 bits per heavy atom. The molecule has 45 heavy (non-hydrogen) atoms. The van der Waals surface area contributed by atoms with Gasteiger partial charge in [-0.3, -0.25) is 0 Å². The normalized spacial score (nSPS) is 22.8. The first kappa shape index (κ1) is 35.1. The van der Waals surface area contributed by atoms with Crippen LogP contribution in [0.4, 0.5) is 0 Å². The minimum absolute atomic E-state index is 0.0668. The van der Waals surface area contributed by atoms with Crippen molar-refractivity contribution in [3.05, 3.63) is 57.6 Å². The van der Waals surface area contributed by atoms with Gasteiger partial charge in [-0.05, 0) is 83.4 Å². The largest absolute Gasteiger partial charge is 0.507 e. The zero-order valence-corrected chi connectivity index (χ0v) is 31.0. The number of thioether (sulfide) groups is 2. The number of benzene rings is 2. The van der Waals surface area contributed by atoms with Crippen LogP contribution in [0.5, 0.6) is 11.5 Å². The monoisotopic (exact) mass is 650 g/mol. The molecule has 4 heteroatoms. The Hall–Kier alpha value is -1.26. The molecule has 2 N–H and O–H groups in total. The van der Waals surface area contributed by atoms with Gasteiger partial charge in [0.15, 0.2) is 0 Å². The van der Waals surface area contributed by atoms with Crippen LogP contribution in [0.15, 0.2) is 24.3 Å². The number of hydrogen-bond acceptors (Lipinski definition) is 4. The summed E-state index contributed by atoms with van der Waals surface area (Å²) in [6, 6.07) is 9.31. The first-order chi connectivity index (χ1) is 21.4. The minimum atomic E-state index is 0.0668. The van der Waals surface area contributed by atoms with Crippen LogP contribution in [0.2, 0.25) is 0 Å². The van der Waals surface area contributed by atoms with Crippen LogP contribution in [0.1, 0.15) is 183 Å². The van der Waals surface area contributed by atoms with Crippen molar-refractivity contribution in [1.29, 1.82) is 0 Å². The molecular formula is C41H62O2S2. The molecule has 0 aromatic heterocycles. The molecule has 2 atom stereocenters. The first-order valence-corrected chi connectivity index (χ1v) is 20.5. The zero-order chi connectivity index (χ0) is 32.2. The predicted octanol–water partition coefficient (Wildman–Crippen LogP) is 12.7. The van der Waals surface area contributed by atoms with Crippen LogP contribution < -0.4 is 0 Å². The predicted molar refractivity (Wildman–Crippen MR) is 199 cm³/mol. The van der Waals surface area contributed by atoms with E-state index in [1.807, 2.05) is 0 Å². The van der Waals surface area contributed by atoms with E-state index in [2.05, 4.69) is 89.3 Å². The highest BCUT2D eigenvalue weighted by atomic mass is 32.2. The van der Waals surface area contributed by atoms with Crippen LogP contribution in [-0.4, -0.2) is 20.7 Å². The van der Waals surface area contributed by atoms with Crippen LogP contribution in [0.3, 0.4) is 0 Å². The van der Waals surface area contributed by atoms with Crippen molar-refractivity contribution in [2.75, 3.05) is 0 Å². The topological polar surface area (TPSA) is 40.5 Å². The molecule has 3 aliphatic rings. The molecule has 0 spiro atoms. The summed E-state index contributed by atoms with van der Waals surface area (Å²) < 4.78 is 0. The lowest BCUT2D eigenvalue weighted by Gasteiger charge is -2.29. The smallest absolute Gasteiger partial charge is 0.123 e. The maximum atomic E-state index is 11.6. The molecule has 2 aromatic carbocycles. The van der Waals surface area contributed by atoms with E-state index in [1.54, 1.807) is 0 Å². The Labute approximate surface area is 284 Å². The summed E-state index contributed by atoms with van der Waals surface area (Å²) in [6.45, 7) is 13.8. The maximum Gasteiger partial charge on any atom is 0.123 e. The van der Waals surface area contributed by atoms with Gasteiger partial charge in [0.1, 0.15) is 11.5 Å². The number of phenolic OH excluding ortho intramolecular Hbond substituents is 2. The maximum absolute atomic E-state index is 11.6. The Balaban J connectivity index is 1.35. The lowest BCUT2D eigenvalue weighted by molar-refractivity contribution is 0.410. The SMILES string of the molecule is CC(C)(C)c1cc(CSC2CCCCC[C@H]2SCc2cc(C(C)(C)C)cc(C3CCCCC3)c2O)c(O)c(C2CCCCC2)c1. The van der Waals surface area contributed by atoms with Crippen molar-refractivity contribution < 1.29 is 10.2 Å². The summed E-state index contributed by atoms with van der Waals surface area (Å²) in [4.78, 5) is 0. The molecule has 0 heterocycles. The van der Waals surface area contributed by atoms with Gasteiger partial charge in [0.25, 0.3) is 0 Å². The van der Waals surface area contributed by atoms with Gasteiger partial charge in [-0.15, -0.1) is 0 Å². The van der Waals surface area contributed by atoms with Crippen molar-refractivity contribution in [2.45, 2.75) is 183 Å². The Morgan fingerprint density at radius 2 is 0.844 bits per heavy atom. The number of hydrogen-bond donors (Lipinski definition) is 2. The summed E-state index contributed by atoms with van der Waals surface area (Å²) in [7, 11) is 0. The van der Waals surface area contributed by atoms with Crippen LogP contribution in [-0.2, 0) is 22.3 Å². The highest BCUT2D eigenvalue weighted by molar-refractivity contribution is 8.03. The lowest BCUT2D eigenvalue weighted by atomic mass is 9.79. The molecule has 0 radical (unpaired) electrons. The van der Waals surface area contributed by atoms with E-state index >= 15 is 0 Å². The fraction of sp³-hybridized carbons (Fsp3) is 0.707. The molecule has 0 amide bonds. The third-order valence-corrected chi connectivity index (χ3v) is 14.2. The van der Waals surface area contributed by atoms with Gasteiger partial charge in [0.05, 0.1) is 0 Å². The minimum Gasteiger partial charge on any atom is -0.507 e. The van der Waals surface area contributed by atoms with E-state index in [9.17, 15) is 10.2 Å². The van der Waals surface area contributed by atoms with Gasteiger partial charge in [0, 0.05) is 33.1 Å². The fourth-order valence-electron chi connectivity index (χ4n) is 7.99. The van der Waals surface area contributed by atoms with E-state index in [-0.39, 0.29) is 10.8 Å².